The van der Waals surface area contributed by atoms with Gasteiger partial charge in [-0.15, -0.1) is 0 Å². The van der Waals surface area contributed by atoms with Crippen molar-refractivity contribution in [1.29, 1.82) is 0 Å². The van der Waals surface area contributed by atoms with E-state index >= 15 is 0 Å². The molecule has 2 rings (SSSR count). The van der Waals surface area contributed by atoms with Gasteiger partial charge < -0.3 is 9.05 Å². The maximum Gasteiger partial charge on any atom is 0.319 e. The van der Waals surface area contributed by atoms with Crippen LogP contribution in [-0.2, 0) is 13.6 Å². The first-order chi connectivity index (χ1) is 6.36. The SMILES string of the molecule is O=[PH]1OCC[C@@H](c2ccccc2)O1. The predicted molar refractivity (Wildman–Crippen MR) is 49.8 cm³/mol. The Bertz CT molecular complexity index is 299. The summed E-state index contributed by atoms with van der Waals surface area (Å²) >= 11 is 0. The van der Waals surface area contributed by atoms with Crippen molar-refractivity contribution in [1.82, 2.24) is 0 Å². The van der Waals surface area contributed by atoms with Crippen LogP contribution in [0.1, 0.15) is 18.1 Å². The molecule has 0 N–H and O–H groups in total. The standard InChI is InChI=1S/C9H11O3P/c10-13-11-7-6-9(12-13)8-4-2-1-3-5-8/h1-5,9,13H,6-7H2/t9-/m0/s1. The zero-order valence-electron chi connectivity index (χ0n) is 7.10. The molecule has 1 aromatic rings. The smallest absolute Gasteiger partial charge is 0.311 e. The Kier molecular flexibility index (Phi) is 2.79. The molecule has 2 atom stereocenters. The van der Waals surface area contributed by atoms with E-state index in [1.165, 1.54) is 0 Å². The number of benzene rings is 1. The molecule has 1 fully saturated rings. The van der Waals surface area contributed by atoms with Crippen LogP contribution < -0.4 is 0 Å². The second kappa shape index (κ2) is 4.05. The third-order valence-electron chi connectivity index (χ3n) is 2.01. The summed E-state index contributed by atoms with van der Waals surface area (Å²) in [4.78, 5) is 0. The van der Waals surface area contributed by atoms with Crippen molar-refractivity contribution in [2.45, 2.75) is 12.5 Å². The van der Waals surface area contributed by atoms with Crippen molar-refractivity contribution in [3.8, 4) is 0 Å². The van der Waals surface area contributed by atoms with Crippen LogP contribution in [0.15, 0.2) is 30.3 Å². The van der Waals surface area contributed by atoms with Gasteiger partial charge in [0.2, 0.25) is 0 Å². The highest BCUT2D eigenvalue weighted by Crippen LogP contribution is 2.39. The molecule has 0 amide bonds. The highest BCUT2D eigenvalue weighted by molar-refractivity contribution is 7.33. The third kappa shape index (κ3) is 2.19. The lowest BCUT2D eigenvalue weighted by Gasteiger charge is -2.22. The molecule has 0 aromatic heterocycles. The Morgan fingerprint density at radius 1 is 1.31 bits per heavy atom. The fourth-order valence-corrected chi connectivity index (χ4v) is 2.20. The summed E-state index contributed by atoms with van der Waals surface area (Å²) < 4.78 is 21.0. The molecular weight excluding hydrogens is 187 g/mol. The van der Waals surface area contributed by atoms with Crippen LogP contribution >= 0.6 is 8.25 Å². The molecule has 1 aliphatic rings. The molecule has 3 nitrogen and oxygen atoms in total. The van der Waals surface area contributed by atoms with Gasteiger partial charge >= 0.3 is 8.25 Å². The molecule has 0 bridgehead atoms. The molecule has 70 valence electrons. The van der Waals surface area contributed by atoms with Gasteiger partial charge in [-0.05, 0) is 5.56 Å². The maximum absolute atomic E-state index is 11.0. The Morgan fingerprint density at radius 2 is 2.08 bits per heavy atom. The average molecular weight is 198 g/mol. The largest absolute Gasteiger partial charge is 0.319 e. The molecule has 0 aliphatic carbocycles. The molecule has 4 heteroatoms. The molecule has 0 spiro atoms. The van der Waals surface area contributed by atoms with Crippen LogP contribution in [0.25, 0.3) is 0 Å². The normalized spacial score (nSPS) is 28.6. The van der Waals surface area contributed by atoms with E-state index in [9.17, 15) is 4.57 Å². The van der Waals surface area contributed by atoms with Crippen LogP contribution in [0.2, 0.25) is 0 Å². The van der Waals surface area contributed by atoms with Gasteiger partial charge in [0, 0.05) is 6.42 Å². The van der Waals surface area contributed by atoms with Crippen LogP contribution in [0.5, 0.6) is 0 Å². The molecule has 0 radical (unpaired) electrons. The molecule has 1 unspecified atom stereocenters. The van der Waals surface area contributed by atoms with Crippen molar-refractivity contribution in [3.05, 3.63) is 35.9 Å². The van der Waals surface area contributed by atoms with Crippen molar-refractivity contribution >= 4 is 8.25 Å². The van der Waals surface area contributed by atoms with Crippen molar-refractivity contribution in [2.24, 2.45) is 0 Å². The summed E-state index contributed by atoms with van der Waals surface area (Å²) in [6.45, 7) is 0.525. The predicted octanol–water partition coefficient (Wildman–Crippen LogP) is 2.55. The molecule has 1 aliphatic heterocycles. The molecule has 1 saturated heterocycles. The van der Waals surface area contributed by atoms with E-state index in [1.54, 1.807) is 0 Å². The van der Waals surface area contributed by atoms with E-state index in [2.05, 4.69) is 0 Å². The van der Waals surface area contributed by atoms with E-state index < -0.39 is 8.25 Å². The Balaban J connectivity index is 2.13. The first-order valence-electron chi connectivity index (χ1n) is 4.24. The fraction of sp³-hybridized carbons (Fsp3) is 0.333. The average Bonchev–Trinajstić information content (AvgIpc) is 2.19. The highest BCUT2D eigenvalue weighted by atomic mass is 31.1. The topological polar surface area (TPSA) is 35.5 Å². The minimum atomic E-state index is -2.24. The first kappa shape index (κ1) is 8.95. The van der Waals surface area contributed by atoms with Crippen molar-refractivity contribution in [3.63, 3.8) is 0 Å². The van der Waals surface area contributed by atoms with Gasteiger partial charge in [-0.2, -0.15) is 0 Å². The zero-order chi connectivity index (χ0) is 9.10. The van der Waals surface area contributed by atoms with Crippen LogP contribution in [0, 0.1) is 0 Å². The fourth-order valence-electron chi connectivity index (χ4n) is 1.36. The minimum absolute atomic E-state index is 0.0543. The van der Waals surface area contributed by atoms with E-state index in [-0.39, 0.29) is 6.10 Å². The summed E-state index contributed by atoms with van der Waals surface area (Å²) in [5, 5.41) is 0. The van der Waals surface area contributed by atoms with Gasteiger partial charge in [0.05, 0.1) is 12.7 Å². The van der Waals surface area contributed by atoms with E-state index in [0.717, 1.165) is 12.0 Å². The lowest BCUT2D eigenvalue weighted by atomic mass is 10.1. The molecule has 13 heavy (non-hydrogen) atoms. The Morgan fingerprint density at radius 3 is 2.77 bits per heavy atom. The number of rotatable bonds is 1. The van der Waals surface area contributed by atoms with E-state index in [0.29, 0.717) is 6.61 Å². The lowest BCUT2D eigenvalue weighted by molar-refractivity contribution is 0.0968. The lowest BCUT2D eigenvalue weighted by Crippen LogP contribution is -2.08. The molecule has 0 saturated carbocycles. The van der Waals surface area contributed by atoms with Crippen molar-refractivity contribution in [2.75, 3.05) is 6.61 Å². The van der Waals surface area contributed by atoms with E-state index in [1.807, 2.05) is 30.3 Å². The van der Waals surface area contributed by atoms with Gasteiger partial charge in [-0.25, -0.2) is 0 Å². The Hall–Kier alpha value is -0.630. The number of hydrogen-bond acceptors (Lipinski definition) is 3. The number of hydrogen-bond donors (Lipinski definition) is 0. The summed E-state index contributed by atoms with van der Waals surface area (Å²) in [5.74, 6) is 0. The molecular formula is C9H11O3P. The van der Waals surface area contributed by atoms with Gasteiger partial charge in [0.25, 0.3) is 0 Å². The zero-order valence-corrected chi connectivity index (χ0v) is 8.10. The van der Waals surface area contributed by atoms with Gasteiger partial charge in [0.1, 0.15) is 0 Å². The maximum atomic E-state index is 11.0. The van der Waals surface area contributed by atoms with Gasteiger partial charge in [-0.1, -0.05) is 30.3 Å². The summed E-state index contributed by atoms with van der Waals surface area (Å²) in [6.07, 6.45) is 0.724. The summed E-state index contributed by atoms with van der Waals surface area (Å²) in [7, 11) is -2.24. The second-order valence-electron chi connectivity index (χ2n) is 2.90. The van der Waals surface area contributed by atoms with Gasteiger partial charge in [0.15, 0.2) is 0 Å². The second-order valence-corrected chi connectivity index (χ2v) is 3.93. The van der Waals surface area contributed by atoms with Crippen LogP contribution in [0.3, 0.4) is 0 Å². The quantitative estimate of drug-likeness (QED) is 0.650. The van der Waals surface area contributed by atoms with Crippen LogP contribution in [-0.4, -0.2) is 6.61 Å². The van der Waals surface area contributed by atoms with Crippen LogP contribution in [0.4, 0.5) is 0 Å². The summed E-state index contributed by atoms with van der Waals surface area (Å²) in [5.41, 5.74) is 1.07. The van der Waals surface area contributed by atoms with E-state index in [4.69, 9.17) is 9.05 Å². The van der Waals surface area contributed by atoms with Crippen molar-refractivity contribution < 1.29 is 13.6 Å². The molecule has 1 aromatic carbocycles. The monoisotopic (exact) mass is 198 g/mol. The first-order valence-corrected chi connectivity index (χ1v) is 5.47. The third-order valence-corrected chi connectivity index (χ3v) is 2.93. The van der Waals surface area contributed by atoms with Gasteiger partial charge in [-0.3, -0.25) is 4.57 Å². The Labute approximate surface area is 77.6 Å². The summed E-state index contributed by atoms with van der Waals surface area (Å²) in [6, 6.07) is 9.80. The molecule has 1 heterocycles. The highest BCUT2D eigenvalue weighted by Gasteiger charge is 2.20. The minimum Gasteiger partial charge on any atom is -0.311 e.